The maximum Gasteiger partial charge on any atom is 0.268 e. The number of rotatable bonds is 6. The maximum absolute atomic E-state index is 13.4. The zero-order valence-corrected chi connectivity index (χ0v) is 19.8. The molecular weight excluding hydrogens is 452 g/mol. The fraction of sp³-hybridized carbons (Fsp3) is 0.120. The molecule has 0 bridgehead atoms. The van der Waals surface area contributed by atoms with Crippen LogP contribution in [-0.4, -0.2) is 27.2 Å². The van der Waals surface area contributed by atoms with Crippen molar-refractivity contribution in [2.75, 3.05) is 0 Å². The summed E-state index contributed by atoms with van der Waals surface area (Å²) in [6.07, 6.45) is 1.64. The molecule has 2 heterocycles. The van der Waals surface area contributed by atoms with E-state index in [1.54, 1.807) is 48.3 Å². The van der Waals surface area contributed by atoms with E-state index < -0.39 is 10.0 Å². The van der Waals surface area contributed by atoms with E-state index in [0.717, 1.165) is 16.1 Å². The highest BCUT2D eigenvalue weighted by atomic mass is 32.2. The van der Waals surface area contributed by atoms with Crippen LogP contribution in [0.3, 0.4) is 0 Å². The summed E-state index contributed by atoms with van der Waals surface area (Å²) in [5.41, 5.74) is 2.53. The molecule has 2 aromatic heterocycles. The van der Waals surface area contributed by atoms with E-state index in [9.17, 15) is 8.42 Å². The zero-order chi connectivity index (χ0) is 23.0. The molecule has 0 fully saturated rings. The Bertz CT molecular complexity index is 1530. The van der Waals surface area contributed by atoms with Gasteiger partial charge in [0.05, 0.1) is 10.4 Å². The molecule has 8 heteroatoms. The third-order valence-electron chi connectivity index (χ3n) is 5.61. The van der Waals surface area contributed by atoms with E-state index in [1.165, 1.54) is 9.54 Å². The molecule has 0 unspecified atom stereocenters. The number of benzene rings is 3. The minimum atomic E-state index is -3.76. The summed E-state index contributed by atoms with van der Waals surface area (Å²) < 4.78 is 30.1. The molecule has 5 rings (SSSR count). The molecule has 0 aliphatic rings. The third kappa shape index (κ3) is 3.85. The smallest absolute Gasteiger partial charge is 0.268 e. The molecule has 166 valence electrons. The molecule has 0 radical (unpaired) electrons. The summed E-state index contributed by atoms with van der Waals surface area (Å²) in [4.78, 5) is 0.239. The summed E-state index contributed by atoms with van der Waals surface area (Å²) in [5, 5.41) is 10.6. The largest absolute Gasteiger partial charge is 0.305 e. The van der Waals surface area contributed by atoms with Crippen molar-refractivity contribution in [3.05, 3.63) is 96.7 Å². The average Bonchev–Trinajstić information content (AvgIpc) is 3.41. The number of hydrogen-bond donors (Lipinski definition) is 0. The van der Waals surface area contributed by atoms with E-state index in [-0.39, 0.29) is 10.1 Å². The fourth-order valence-corrected chi connectivity index (χ4v) is 6.17. The Kier molecular flexibility index (Phi) is 5.55. The van der Waals surface area contributed by atoms with Crippen LogP contribution in [0, 0.1) is 0 Å². The van der Waals surface area contributed by atoms with Gasteiger partial charge in [0.2, 0.25) is 0 Å². The van der Waals surface area contributed by atoms with E-state index >= 15 is 0 Å². The van der Waals surface area contributed by atoms with Crippen molar-refractivity contribution in [2.45, 2.75) is 22.2 Å². The van der Waals surface area contributed by atoms with Gasteiger partial charge in [-0.1, -0.05) is 78.5 Å². The summed E-state index contributed by atoms with van der Waals surface area (Å²) in [7, 11) is -1.85. The number of para-hydroxylation sites is 1. The number of fused-ring (bicyclic) bond motifs is 1. The second-order valence-corrected chi connectivity index (χ2v) is 10.8. The molecule has 5 aromatic rings. The lowest BCUT2D eigenvalue weighted by Gasteiger charge is -2.10. The second kappa shape index (κ2) is 8.53. The van der Waals surface area contributed by atoms with E-state index in [2.05, 4.69) is 29.3 Å². The molecule has 0 saturated heterocycles. The maximum atomic E-state index is 13.4. The molecule has 3 aromatic carbocycles. The number of thioether (sulfide) groups is 1. The van der Waals surface area contributed by atoms with Gasteiger partial charge >= 0.3 is 0 Å². The van der Waals surface area contributed by atoms with Crippen molar-refractivity contribution < 1.29 is 8.42 Å². The average molecular weight is 475 g/mol. The molecule has 33 heavy (non-hydrogen) atoms. The predicted octanol–water partition coefficient (Wildman–Crippen LogP) is 5.53. The van der Waals surface area contributed by atoms with Crippen LogP contribution in [0.4, 0.5) is 0 Å². The number of nitrogens with zero attached hydrogens (tertiary/aromatic N) is 4. The van der Waals surface area contributed by atoms with Gasteiger partial charge < -0.3 is 4.57 Å². The van der Waals surface area contributed by atoms with E-state index in [0.29, 0.717) is 11.3 Å². The van der Waals surface area contributed by atoms with Gasteiger partial charge in [-0.15, -0.1) is 10.2 Å². The monoisotopic (exact) mass is 474 g/mol. The van der Waals surface area contributed by atoms with E-state index in [4.69, 9.17) is 0 Å². The van der Waals surface area contributed by atoms with Crippen LogP contribution < -0.4 is 0 Å². The van der Waals surface area contributed by atoms with Crippen LogP contribution in [0.1, 0.15) is 17.7 Å². The predicted molar refractivity (Wildman–Crippen MR) is 132 cm³/mol. The van der Waals surface area contributed by atoms with Crippen LogP contribution in [0.2, 0.25) is 0 Å². The summed E-state index contributed by atoms with van der Waals surface area (Å²) >= 11 is 1.62. The minimum Gasteiger partial charge on any atom is -0.305 e. The summed E-state index contributed by atoms with van der Waals surface area (Å²) in [6, 6.07) is 26.1. The number of hydrogen-bond acceptors (Lipinski definition) is 5. The Morgan fingerprint density at radius 1 is 0.848 bits per heavy atom. The molecule has 6 nitrogen and oxygen atoms in total. The Morgan fingerprint density at radius 2 is 1.48 bits per heavy atom. The van der Waals surface area contributed by atoms with E-state index in [1.807, 2.05) is 54.1 Å². The van der Waals surface area contributed by atoms with Crippen LogP contribution in [-0.2, 0) is 17.1 Å². The second-order valence-electron chi connectivity index (χ2n) is 7.71. The first-order valence-electron chi connectivity index (χ1n) is 10.5. The standard InChI is InChI=1S/C25H22N4O2S2/c1-18(19-11-5-3-6-12-19)32-25-27-26-24(28(25)2)22-17-29(23-16-10-9-15-21(22)23)33(30,31)20-13-7-4-8-14-20/h3-18H,1-2H3/t18-/m0/s1. The Labute approximate surface area is 197 Å². The van der Waals surface area contributed by atoms with Crippen molar-refractivity contribution in [2.24, 2.45) is 7.05 Å². The highest BCUT2D eigenvalue weighted by molar-refractivity contribution is 7.99. The lowest BCUT2D eigenvalue weighted by atomic mass is 10.1. The topological polar surface area (TPSA) is 69.8 Å². The van der Waals surface area contributed by atoms with Crippen LogP contribution in [0.25, 0.3) is 22.3 Å². The fourth-order valence-electron chi connectivity index (χ4n) is 3.84. The SMILES string of the molecule is C[C@H](Sc1nnc(-c2cn(S(=O)(=O)c3ccccc3)c3ccccc23)n1C)c1ccccc1. The van der Waals surface area contributed by atoms with Gasteiger partial charge in [0.15, 0.2) is 11.0 Å². The molecule has 0 N–H and O–H groups in total. The Morgan fingerprint density at radius 3 is 2.21 bits per heavy atom. The summed E-state index contributed by atoms with van der Waals surface area (Å²) in [6.45, 7) is 2.13. The van der Waals surface area contributed by atoms with Crippen molar-refractivity contribution in [1.82, 2.24) is 18.7 Å². The van der Waals surface area contributed by atoms with Gasteiger partial charge in [-0.3, -0.25) is 0 Å². The molecule has 1 atom stereocenters. The van der Waals surface area contributed by atoms with Crippen molar-refractivity contribution in [3.63, 3.8) is 0 Å². The Hall–Kier alpha value is -3.36. The van der Waals surface area contributed by atoms with Gasteiger partial charge in [0.25, 0.3) is 10.0 Å². The first-order chi connectivity index (χ1) is 16.0. The lowest BCUT2D eigenvalue weighted by Crippen LogP contribution is -2.11. The van der Waals surface area contributed by atoms with Gasteiger partial charge in [0, 0.05) is 29.4 Å². The number of aromatic nitrogens is 4. The zero-order valence-electron chi connectivity index (χ0n) is 18.2. The Balaban J connectivity index is 1.58. The molecule has 0 aliphatic carbocycles. The minimum absolute atomic E-state index is 0.196. The lowest BCUT2D eigenvalue weighted by molar-refractivity contribution is 0.589. The first kappa shape index (κ1) is 21.5. The van der Waals surface area contributed by atoms with Crippen molar-refractivity contribution >= 4 is 32.7 Å². The van der Waals surface area contributed by atoms with Crippen molar-refractivity contribution in [1.29, 1.82) is 0 Å². The third-order valence-corrected chi connectivity index (χ3v) is 8.48. The molecule has 0 saturated carbocycles. The molecule has 0 aliphatic heterocycles. The summed E-state index contributed by atoms with van der Waals surface area (Å²) in [5.74, 6) is 0.621. The highest BCUT2D eigenvalue weighted by Crippen LogP contribution is 2.37. The van der Waals surface area contributed by atoms with Gasteiger partial charge in [-0.2, -0.15) is 0 Å². The van der Waals surface area contributed by atoms with Crippen molar-refractivity contribution in [3.8, 4) is 11.4 Å². The van der Waals surface area contributed by atoms with Gasteiger partial charge in [-0.05, 0) is 30.7 Å². The van der Waals surface area contributed by atoms with Crippen LogP contribution in [0.15, 0.2) is 101 Å². The normalized spacial score (nSPS) is 12.8. The van der Waals surface area contributed by atoms with Gasteiger partial charge in [0.1, 0.15) is 0 Å². The van der Waals surface area contributed by atoms with Crippen LogP contribution in [0.5, 0.6) is 0 Å². The highest BCUT2D eigenvalue weighted by Gasteiger charge is 2.24. The van der Waals surface area contributed by atoms with Crippen LogP contribution >= 0.6 is 11.8 Å². The quantitative estimate of drug-likeness (QED) is 0.303. The molecule has 0 spiro atoms. The molecular formula is C25H22N4O2S2. The first-order valence-corrected chi connectivity index (χ1v) is 12.8. The molecule has 0 amide bonds. The van der Waals surface area contributed by atoms with Gasteiger partial charge in [-0.25, -0.2) is 12.4 Å².